The fraction of sp³-hybridized carbons (Fsp3) is 0.474. The number of carbonyl (C=O) groups excluding carboxylic acids is 2. The number of rotatable bonds is 13. The normalized spacial score (nSPS) is 17.0. The van der Waals surface area contributed by atoms with Crippen LogP contribution in [0.2, 0.25) is 0 Å². The highest BCUT2D eigenvalue weighted by molar-refractivity contribution is 7.14. The topological polar surface area (TPSA) is 132 Å². The molecule has 2 aromatic heterocycles. The van der Waals surface area contributed by atoms with Crippen LogP contribution in [0.1, 0.15) is 51.9 Å². The smallest absolute Gasteiger partial charge is 0.287 e. The minimum Gasteiger partial charge on any atom is -0.394 e. The summed E-state index contributed by atoms with van der Waals surface area (Å²) in [7, 11) is 0. The number of aromatic nitrogens is 2. The first kappa shape index (κ1) is 35.4. The SMILES string of the molecule is O=C(c1nc2c(s1)CN(CCOCCO)CC2)N1CCc2c(-c3cccc4c3CCN4C(=O)c3nc4c(s3)CN(CCOCCO)CC4)cccc21. The number of fused-ring (bicyclic) bond motifs is 4. The van der Waals surface area contributed by atoms with E-state index in [-0.39, 0.29) is 25.0 Å². The van der Waals surface area contributed by atoms with Gasteiger partial charge in [0.25, 0.3) is 11.8 Å². The Labute approximate surface area is 311 Å². The molecule has 0 radical (unpaired) electrons. The second-order valence-electron chi connectivity index (χ2n) is 13.5. The van der Waals surface area contributed by atoms with E-state index in [4.69, 9.17) is 29.7 Å². The maximum absolute atomic E-state index is 14.0. The molecule has 0 spiro atoms. The van der Waals surface area contributed by atoms with Crippen molar-refractivity contribution in [3.8, 4) is 11.1 Å². The Balaban J connectivity index is 0.970. The van der Waals surface area contributed by atoms with Crippen molar-refractivity contribution in [1.82, 2.24) is 19.8 Å². The molecular weight excluding hydrogens is 701 g/mol. The van der Waals surface area contributed by atoms with E-state index in [1.54, 1.807) is 0 Å². The van der Waals surface area contributed by atoms with Crippen LogP contribution < -0.4 is 9.80 Å². The lowest BCUT2D eigenvalue weighted by Gasteiger charge is -2.25. The van der Waals surface area contributed by atoms with E-state index in [0.717, 1.165) is 120 Å². The molecule has 4 aromatic rings. The highest BCUT2D eigenvalue weighted by Gasteiger charge is 2.34. The van der Waals surface area contributed by atoms with Gasteiger partial charge in [-0.1, -0.05) is 24.3 Å². The molecule has 0 saturated carbocycles. The quantitative estimate of drug-likeness (QED) is 0.197. The maximum Gasteiger partial charge on any atom is 0.287 e. The molecule has 2 amide bonds. The zero-order valence-corrected chi connectivity index (χ0v) is 30.9. The van der Waals surface area contributed by atoms with Gasteiger partial charge in [-0.25, -0.2) is 9.97 Å². The zero-order valence-electron chi connectivity index (χ0n) is 29.2. The molecule has 0 bridgehead atoms. The van der Waals surface area contributed by atoms with Gasteiger partial charge in [0.1, 0.15) is 0 Å². The third kappa shape index (κ3) is 7.06. The van der Waals surface area contributed by atoms with Crippen LogP contribution in [0.15, 0.2) is 36.4 Å². The summed E-state index contributed by atoms with van der Waals surface area (Å²) < 4.78 is 10.9. The summed E-state index contributed by atoms with van der Waals surface area (Å²) in [6.07, 6.45) is 3.13. The van der Waals surface area contributed by atoms with Crippen molar-refractivity contribution in [3.05, 3.63) is 78.7 Å². The summed E-state index contributed by atoms with van der Waals surface area (Å²) in [5.41, 5.74) is 8.45. The average molecular weight is 745 g/mol. The second kappa shape index (κ2) is 15.8. The molecule has 0 saturated heterocycles. The number of ether oxygens (including phenoxy) is 2. The van der Waals surface area contributed by atoms with Crippen LogP contribution in [-0.2, 0) is 48.2 Å². The minimum absolute atomic E-state index is 0.0276. The van der Waals surface area contributed by atoms with Crippen LogP contribution in [0.25, 0.3) is 11.1 Å². The van der Waals surface area contributed by atoms with E-state index in [1.807, 2.05) is 34.1 Å². The van der Waals surface area contributed by atoms with Gasteiger partial charge in [-0.15, -0.1) is 22.7 Å². The summed E-state index contributed by atoms with van der Waals surface area (Å²) >= 11 is 3.00. The Morgan fingerprint density at radius 1 is 0.635 bits per heavy atom. The Hall–Kier alpha value is -3.60. The molecule has 52 heavy (non-hydrogen) atoms. The lowest BCUT2D eigenvalue weighted by molar-refractivity contribution is 0.0711. The van der Waals surface area contributed by atoms with Gasteiger partial charge in [0.05, 0.1) is 51.0 Å². The number of thiazole rings is 2. The van der Waals surface area contributed by atoms with Gasteiger partial charge in [0, 0.05) is 86.3 Å². The highest BCUT2D eigenvalue weighted by atomic mass is 32.1. The predicted octanol–water partition coefficient (Wildman–Crippen LogP) is 3.41. The number of anilines is 2. The van der Waals surface area contributed by atoms with Crippen LogP contribution in [0.4, 0.5) is 11.4 Å². The van der Waals surface area contributed by atoms with Crippen molar-refractivity contribution >= 4 is 45.9 Å². The Morgan fingerprint density at radius 3 is 1.54 bits per heavy atom. The average Bonchev–Trinajstić information content (AvgIpc) is 3.98. The summed E-state index contributed by atoms with van der Waals surface area (Å²) in [5, 5.41) is 19.0. The van der Waals surface area contributed by atoms with E-state index in [0.29, 0.717) is 49.5 Å². The Bertz CT molecular complexity index is 1810. The Kier molecular flexibility index (Phi) is 10.8. The molecule has 0 aliphatic carbocycles. The molecular formula is C38H44N6O6S2. The minimum atomic E-state index is -0.0486. The van der Waals surface area contributed by atoms with Crippen LogP contribution in [0.3, 0.4) is 0 Å². The molecule has 14 heteroatoms. The number of aliphatic hydroxyl groups excluding tert-OH is 2. The lowest BCUT2D eigenvalue weighted by atomic mass is 9.93. The highest BCUT2D eigenvalue weighted by Crippen LogP contribution is 2.43. The van der Waals surface area contributed by atoms with E-state index < -0.39 is 0 Å². The number of hydrogen-bond acceptors (Lipinski definition) is 12. The van der Waals surface area contributed by atoms with Crippen LogP contribution in [0, 0.1) is 0 Å². The number of hydrogen-bond donors (Lipinski definition) is 2. The fourth-order valence-corrected chi connectivity index (χ4v) is 10.0. The third-order valence-corrected chi connectivity index (χ3v) is 12.5. The van der Waals surface area contributed by atoms with Crippen molar-refractivity contribution in [2.75, 3.05) is 88.7 Å². The standard InChI is InChI=1S/C38H44N6O6S2/c45-17-21-49-19-15-41-11-9-29-33(23-41)51-35(39-29)37(47)43-13-7-27-25(3-1-5-31(27)43)26-4-2-6-32-28(26)8-14-44(32)38(48)36-40-30-10-12-42(24-34(30)52-36)16-20-50-22-18-46/h1-6,45-46H,7-24H2. The van der Waals surface area contributed by atoms with Crippen LogP contribution in [-0.4, -0.2) is 121 Å². The van der Waals surface area contributed by atoms with Gasteiger partial charge < -0.3 is 29.5 Å². The monoisotopic (exact) mass is 744 g/mol. The zero-order chi connectivity index (χ0) is 35.6. The first-order valence-electron chi connectivity index (χ1n) is 18.2. The van der Waals surface area contributed by atoms with E-state index >= 15 is 0 Å². The molecule has 4 aliphatic rings. The largest absolute Gasteiger partial charge is 0.394 e. The molecule has 12 nitrogen and oxygen atoms in total. The number of benzene rings is 2. The van der Waals surface area contributed by atoms with Gasteiger partial charge in [-0.3, -0.25) is 19.4 Å². The van der Waals surface area contributed by atoms with Crippen molar-refractivity contribution in [2.24, 2.45) is 0 Å². The summed E-state index contributed by atoms with van der Waals surface area (Å²) in [4.78, 5) is 48.2. The van der Waals surface area contributed by atoms with Gasteiger partial charge in [0.15, 0.2) is 10.0 Å². The van der Waals surface area contributed by atoms with E-state index in [2.05, 4.69) is 21.9 Å². The molecule has 8 rings (SSSR count). The van der Waals surface area contributed by atoms with Crippen LogP contribution >= 0.6 is 22.7 Å². The number of nitrogens with zero attached hydrogens (tertiary/aromatic N) is 6. The van der Waals surface area contributed by atoms with Crippen molar-refractivity contribution in [1.29, 1.82) is 0 Å². The lowest BCUT2D eigenvalue weighted by Crippen LogP contribution is -2.33. The van der Waals surface area contributed by atoms with Crippen molar-refractivity contribution < 1.29 is 29.3 Å². The molecule has 4 aliphatic heterocycles. The van der Waals surface area contributed by atoms with Gasteiger partial charge in [-0.2, -0.15) is 0 Å². The fourth-order valence-electron chi connectivity index (χ4n) is 7.81. The summed E-state index contributed by atoms with van der Waals surface area (Å²) in [6.45, 7) is 7.95. The van der Waals surface area contributed by atoms with Gasteiger partial charge in [-0.05, 0) is 47.2 Å². The molecule has 0 atom stereocenters. The summed E-state index contributed by atoms with van der Waals surface area (Å²) in [6, 6.07) is 12.4. The maximum atomic E-state index is 14.0. The Morgan fingerprint density at radius 2 is 1.10 bits per heavy atom. The molecule has 0 unspecified atom stereocenters. The summed E-state index contributed by atoms with van der Waals surface area (Å²) in [5.74, 6) is -0.0972. The molecule has 0 fully saturated rings. The van der Waals surface area contributed by atoms with Crippen molar-refractivity contribution in [2.45, 2.75) is 38.8 Å². The first-order chi connectivity index (χ1) is 25.5. The van der Waals surface area contributed by atoms with E-state index in [1.165, 1.54) is 22.7 Å². The third-order valence-electron chi connectivity index (χ3n) is 10.4. The first-order valence-corrected chi connectivity index (χ1v) is 19.8. The van der Waals surface area contributed by atoms with Gasteiger partial charge >= 0.3 is 0 Å². The van der Waals surface area contributed by atoms with Crippen molar-refractivity contribution in [3.63, 3.8) is 0 Å². The second-order valence-corrected chi connectivity index (χ2v) is 15.7. The number of carbonyl (C=O) groups is 2. The van der Waals surface area contributed by atoms with Gasteiger partial charge in [0.2, 0.25) is 0 Å². The van der Waals surface area contributed by atoms with Crippen LogP contribution in [0.5, 0.6) is 0 Å². The molecule has 6 heterocycles. The molecule has 2 aromatic carbocycles. The number of amides is 2. The van der Waals surface area contributed by atoms with E-state index in [9.17, 15) is 9.59 Å². The molecule has 2 N–H and O–H groups in total. The predicted molar refractivity (Wildman–Crippen MR) is 201 cm³/mol. The molecule has 274 valence electrons. The number of aliphatic hydroxyl groups is 2.